The van der Waals surface area contributed by atoms with Crippen LogP contribution in [0.15, 0.2) is 0 Å². The van der Waals surface area contributed by atoms with E-state index in [0.29, 0.717) is 5.06 Å². The smallest absolute Gasteiger partial charge is 0.373 e. The van der Waals surface area contributed by atoms with Gasteiger partial charge in [-0.15, -0.1) is 5.06 Å². The first-order valence-electron chi connectivity index (χ1n) is 4.66. The highest BCUT2D eigenvalue weighted by Gasteiger charge is 2.34. The molecule has 7 nitrogen and oxygen atoms in total. The van der Waals surface area contributed by atoms with Gasteiger partial charge in [0.15, 0.2) is 6.10 Å². The fraction of sp³-hybridized carbons (Fsp3) is 0.556. The average Bonchev–Trinajstić information content (AvgIpc) is 2.48. The average molecular weight is 229 g/mol. The molecule has 0 aromatic heterocycles. The molecule has 0 aromatic carbocycles. The second-order valence-electron chi connectivity index (χ2n) is 3.24. The maximum absolute atomic E-state index is 11.3. The molecule has 88 valence electrons. The van der Waals surface area contributed by atoms with Gasteiger partial charge in [-0.05, 0) is 6.92 Å². The monoisotopic (exact) mass is 229 g/mol. The number of amides is 2. The first-order valence-corrected chi connectivity index (χ1v) is 4.66. The summed E-state index contributed by atoms with van der Waals surface area (Å²) >= 11 is 0. The lowest BCUT2D eigenvalue weighted by Crippen LogP contribution is -2.36. The molecule has 1 aliphatic heterocycles. The molecule has 0 aromatic rings. The number of carbonyl (C=O) groups is 4. The van der Waals surface area contributed by atoms with Crippen molar-refractivity contribution >= 4 is 23.8 Å². The highest BCUT2D eigenvalue weighted by molar-refractivity contribution is 6.01. The maximum Gasteiger partial charge on any atom is 0.373 e. The van der Waals surface area contributed by atoms with Crippen molar-refractivity contribution in [2.75, 3.05) is 0 Å². The zero-order chi connectivity index (χ0) is 12.3. The summed E-state index contributed by atoms with van der Waals surface area (Å²) in [4.78, 5) is 48.5. The van der Waals surface area contributed by atoms with Gasteiger partial charge < -0.3 is 9.57 Å². The highest BCUT2D eigenvalue weighted by Crippen LogP contribution is 2.13. The van der Waals surface area contributed by atoms with E-state index >= 15 is 0 Å². The molecular weight excluding hydrogens is 218 g/mol. The van der Waals surface area contributed by atoms with Crippen molar-refractivity contribution in [1.29, 1.82) is 0 Å². The number of imide groups is 1. The zero-order valence-electron chi connectivity index (χ0n) is 8.89. The Labute approximate surface area is 91.2 Å². The molecule has 0 saturated carbocycles. The Kier molecular flexibility index (Phi) is 3.60. The molecule has 16 heavy (non-hydrogen) atoms. The molecule has 0 bridgehead atoms. The van der Waals surface area contributed by atoms with E-state index in [4.69, 9.17) is 0 Å². The molecule has 0 spiro atoms. The van der Waals surface area contributed by atoms with Crippen molar-refractivity contribution in [1.82, 2.24) is 5.06 Å². The molecule has 1 fully saturated rings. The lowest BCUT2D eigenvalue weighted by molar-refractivity contribution is -0.204. The van der Waals surface area contributed by atoms with Crippen molar-refractivity contribution in [3.8, 4) is 0 Å². The van der Waals surface area contributed by atoms with E-state index < -0.39 is 29.9 Å². The predicted molar refractivity (Wildman–Crippen MR) is 48.4 cm³/mol. The van der Waals surface area contributed by atoms with Gasteiger partial charge in [0, 0.05) is 19.8 Å². The topological polar surface area (TPSA) is 90.0 Å². The molecular formula is C9H11NO6. The fourth-order valence-corrected chi connectivity index (χ4v) is 1.12. The first-order chi connectivity index (χ1) is 7.41. The molecule has 1 atom stereocenters. The second kappa shape index (κ2) is 4.73. The molecule has 1 unspecified atom stereocenters. The molecule has 0 N–H and O–H groups in total. The molecule has 0 radical (unpaired) electrons. The number of rotatable bonds is 3. The van der Waals surface area contributed by atoms with E-state index in [2.05, 4.69) is 9.57 Å². The summed E-state index contributed by atoms with van der Waals surface area (Å²) in [6.07, 6.45) is -1.11. The number of hydrogen-bond acceptors (Lipinski definition) is 6. The lowest BCUT2D eigenvalue weighted by Gasteiger charge is -2.15. The van der Waals surface area contributed by atoms with Crippen LogP contribution in [0.25, 0.3) is 0 Å². The molecule has 1 rings (SSSR count). The van der Waals surface area contributed by atoms with Crippen LogP contribution in [-0.4, -0.2) is 34.9 Å². The summed E-state index contributed by atoms with van der Waals surface area (Å²) in [5, 5.41) is 0.405. The van der Waals surface area contributed by atoms with E-state index in [-0.39, 0.29) is 12.8 Å². The minimum absolute atomic E-state index is 0.0219. The van der Waals surface area contributed by atoms with Crippen LogP contribution >= 0.6 is 0 Å². The van der Waals surface area contributed by atoms with Gasteiger partial charge in [-0.25, -0.2) is 4.79 Å². The molecule has 7 heteroatoms. The van der Waals surface area contributed by atoms with Crippen LogP contribution in [0.5, 0.6) is 0 Å². The number of nitrogens with zero attached hydrogens (tertiary/aromatic N) is 1. The summed E-state index contributed by atoms with van der Waals surface area (Å²) in [5.41, 5.74) is 0. The summed E-state index contributed by atoms with van der Waals surface area (Å²) in [6.45, 7) is 2.42. The van der Waals surface area contributed by atoms with Gasteiger partial charge in [-0.2, -0.15) is 0 Å². The van der Waals surface area contributed by atoms with E-state index in [9.17, 15) is 19.2 Å². The fourth-order valence-electron chi connectivity index (χ4n) is 1.12. The van der Waals surface area contributed by atoms with Crippen LogP contribution in [0.1, 0.15) is 26.7 Å². The SMILES string of the molecule is CC(=O)OC(C)C(=O)ON1C(=O)CCC1=O. The van der Waals surface area contributed by atoms with Crippen molar-refractivity contribution in [2.24, 2.45) is 0 Å². The molecule has 2 amide bonds. The molecule has 1 saturated heterocycles. The number of hydroxylamine groups is 2. The standard InChI is InChI=1S/C9H11NO6/c1-5(15-6(2)11)9(14)16-10-7(12)3-4-8(10)13/h5H,3-4H2,1-2H3. The van der Waals surface area contributed by atoms with Gasteiger partial charge >= 0.3 is 11.9 Å². The van der Waals surface area contributed by atoms with Crippen molar-refractivity contribution < 1.29 is 28.8 Å². The highest BCUT2D eigenvalue weighted by atomic mass is 16.7. The number of esters is 1. The van der Waals surface area contributed by atoms with E-state index in [1.165, 1.54) is 6.92 Å². The molecule has 0 aliphatic carbocycles. The Bertz CT molecular complexity index is 334. The lowest BCUT2D eigenvalue weighted by atomic mass is 10.4. The third-order valence-corrected chi connectivity index (χ3v) is 1.86. The zero-order valence-corrected chi connectivity index (χ0v) is 8.89. The number of carbonyl (C=O) groups excluding carboxylic acids is 4. The van der Waals surface area contributed by atoms with Crippen molar-refractivity contribution in [3.63, 3.8) is 0 Å². The van der Waals surface area contributed by atoms with Crippen molar-refractivity contribution in [2.45, 2.75) is 32.8 Å². The van der Waals surface area contributed by atoms with Crippen LogP contribution < -0.4 is 0 Å². The van der Waals surface area contributed by atoms with E-state index in [0.717, 1.165) is 6.92 Å². The second-order valence-corrected chi connectivity index (χ2v) is 3.24. The van der Waals surface area contributed by atoms with Gasteiger partial charge in [0.25, 0.3) is 11.8 Å². The normalized spacial score (nSPS) is 17.2. The van der Waals surface area contributed by atoms with Crippen molar-refractivity contribution in [3.05, 3.63) is 0 Å². The van der Waals surface area contributed by atoms with Crippen LogP contribution in [0, 0.1) is 0 Å². The largest absolute Gasteiger partial charge is 0.451 e. The summed E-state index contributed by atoms with van der Waals surface area (Å²) < 4.78 is 4.53. The Morgan fingerprint density at radius 2 is 1.75 bits per heavy atom. The van der Waals surface area contributed by atoms with Crippen LogP contribution in [-0.2, 0) is 28.8 Å². The Hall–Kier alpha value is -1.92. The number of hydrogen-bond donors (Lipinski definition) is 0. The minimum Gasteiger partial charge on any atom is -0.451 e. The molecule has 1 heterocycles. The summed E-state index contributed by atoms with van der Waals surface area (Å²) in [7, 11) is 0. The Balaban J connectivity index is 2.53. The van der Waals surface area contributed by atoms with E-state index in [1.54, 1.807) is 0 Å². The van der Waals surface area contributed by atoms with Crippen LogP contribution in [0.3, 0.4) is 0 Å². The van der Waals surface area contributed by atoms with E-state index in [1.807, 2.05) is 0 Å². The van der Waals surface area contributed by atoms with Gasteiger partial charge in [0.1, 0.15) is 0 Å². The van der Waals surface area contributed by atoms with Gasteiger partial charge in [0.05, 0.1) is 0 Å². The van der Waals surface area contributed by atoms with Gasteiger partial charge in [-0.3, -0.25) is 14.4 Å². The quantitative estimate of drug-likeness (QED) is 0.480. The van der Waals surface area contributed by atoms with Crippen LogP contribution in [0.4, 0.5) is 0 Å². The third-order valence-electron chi connectivity index (χ3n) is 1.86. The summed E-state index contributed by atoms with van der Waals surface area (Å²) in [6, 6.07) is 0. The Morgan fingerprint density at radius 1 is 1.25 bits per heavy atom. The Morgan fingerprint density at radius 3 is 2.19 bits per heavy atom. The third kappa shape index (κ3) is 2.78. The molecule has 1 aliphatic rings. The number of ether oxygens (including phenoxy) is 1. The van der Waals surface area contributed by atoms with Gasteiger partial charge in [-0.1, -0.05) is 0 Å². The van der Waals surface area contributed by atoms with Crippen LogP contribution in [0.2, 0.25) is 0 Å². The minimum atomic E-state index is -1.15. The maximum atomic E-state index is 11.3. The summed E-state index contributed by atoms with van der Waals surface area (Å²) in [5.74, 6) is -2.76. The first kappa shape index (κ1) is 12.2. The predicted octanol–water partition coefficient (Wildman–Crippen LogP) is -0.455. The van der Waals surface area contributed by atoms with Gasteiger partial charge in [0.2, 0.25) is 0 Å².